The summed E-state index contributed by atoms with van der Waals surface area (Å²) < 4.78 is 21.1. The van der Waals surface area contributed by atoms with Crippen molar-refractivity contribution in [2.75, 3.05) is 21.3 Å². The molecule has 1 N–H and O–H groups in total. The molecule has 0 saturated heterocycles. The SMILES string of the molecule is COc1ccc2oc3cc(OC)c(O)c(OC)c3c(=O)c2c1. The molecule has 0 bridgehead atoms. The molecule has 0 saturated carbocycles. The average Bonchev–Trinajstić information content (AvgIpc) is 2.54. The average molecular weight is 302 g/mol. The number of hydrogen-bond donors (Lipinski definition) is 1. The summed E-state index contributed by atoms with van der Waals surface area (Å²) >= 11 is 0. The third-order valence-electron chi connectivity index (χ3n) is 3.49. The van der Waals surface area contributed by atoms with Gasteiger partial charge in [0, 0.05) is 6.07 Å². The van der Waals surface area contributed by atoms with Crippen LogP contribution in [0.2, 0.25) is 0 Å². The van der Waals surface area contributed by atoms with Crippen molar-refractivity contribution in [1.29, 1.82) is 0 Å². The molecule has 2 aromatic carbocycles. The molecule has 0 atom stereocenters. The first-order valence-electron chi connectivity index (χ1n) is 6.49. The van der Waals surface area contributed by atoms with Crippen LogP contribution in [0, 0.1) is 0 Å². The van der Waals surface area contributed by atoms with Gasteiger partial charge in [-0.05, 0) is 18.2 Å². The quantitative estimate of drug-likeness (QED) is 0.749. The van der Waals surface area contributed by atoms with Crippen LogP contribution in [0.1, 0.15) is 0 Å². The zero-order valence-electron chi connectivity index (χ0n) is 12.3. The van der Waals surface area contributed by atoms with Crippen LogP contribution in [0.3, 0.4) is 0 Å². The standard InChI is InChI=1S/C16H14O6/c1-19-8-4-5-10-9(6-8)14(17)13-11(22-10)7-12(20-2)15(18)16(13)21-3/h4-7,18H,1-3H3. The number of benzene rings is 2. The van der Waals surface area contributed by atoms with Crippen molar-refractivity contribution in [3.05, 3.63) is 34.5 Å². The van der Waals surface area contributed by atoms with E-state index in [4.69, 9.17) is 18.6 Å². The first kappa shape index (κ1) is 14.1. The van der Waals surface area contributed by atoms with E-state index in [0.717, 1.165) is 0 Å². The zero-order chi connectivity index (χ0) is 15.9. The molecule has 0 unspecified atom stereocenters. The van der Waals surface area contributed by atoms with Gasteiger partial charge in [0.05, 0.1) is 26.7 Å². The van der Waals surface area contributed by atoms with Gasteiger partial charge >= 0.3 is 0 Å². The van der Waals surface area contributed by atoms with Crippen molar-refractivity contribution in [3.8, 4) is 23.0 Å². The van der Waals surface area contributed by atoms with E-state index in [0.29, 0.717) is 16.7 Å². The first-order valence-corrected chi connectivity index (χ1v) is 6.49. The normalized spacial score (nSPS) is 10.9. The molecule has 6 nitrogen and oxygen atoms in total. The van der Waals surface area contributed by atoms with Crippen molar-refractivity contribution < 1.29 is 23.7 Å². The lowest BCUT2D eigenvalue weighted by molar-refractivity contribution is 0.342. The molecule has 0 aliphatic rings. The third-order valence-corrected chi connectivity index (χ3v) is 3.49. The summed E-state index contributed by atoms with van der Waals surface area (Å²) in [4.78, 5) is 12.7. The summed E-state index contributed by atoms with van der Waals surface area (Å²) in [6.45, 7) is 0. The highest BCUT2D eigenvalue weighted by Crippen LogP contribution is 2.42. The van der Waals surface area contributed by atoms with E-state index in [2.05, 4.69) is 0 Å². The third kappa shape index (κ3) is 1.92. The number of aromatic hydroxyl groups is 1. The predicted octanol–water partition coefficient (Wildman–Crippen LogP) is 2.68. The maximum atomic E-state index is 12.7. The fraction of sp³-hybridized carbons (Fsp3) is 0.188. The van der Waals surface area contributed by atoms with Gasteiger partial charge in [-0.2, -0.15) is 0 Å². The Morgan fingerprint density at radius 3 is 2.41 bits per heavy atom. The molecule has 6 heteroatoms. The van der Waals surface area contributed by atoms with Gasteiger partial charge < -0.3 is 23.7 Å². The van der Waals surface area contributed by atoms with Crippen LogP contribution in [0.5, 0.6) is 23.0 Å². The number of rotatable bonds is 3. The van der Waals surface area contributed by atoms with Gasteiger partial charge in [0.1, 0.15) is 22.3 Å². The highest BCUT2D eigenvalue weighted by Gasteiger charge is 2.20. The van der Waals surface area contributed by atoms with Crippen molar-refractivity contribution in [2.45, 2.75) is 0 Å². The second kappa shape index (κ2) is 5.14. The van der Waals surface area contributed by atoms with Crippen molar-refractivity contribution in [1.82, 2.24) is 0 Å². The van der Waals surface area contributed by atoms with Crippen LogP contribution in [0.4, 0.5) is 0 Å². The summed E-state index contributed by atoms with van der Waals surface area (Å²) in [5.74, 6) is 0.482. The molecule has 1 aromatic heterocycles. The Kier molecular flexibility index (Phi) is 3.29. The molecule has 22 heavy (non-hydrogen) atoms. The number of phenols is 1. The summed E-state index contributed by atoms with van der Waals surface area (Å²) in [5.41, 5.74) is 0.368. The number of methoxy groups -OCH3 is 3. The van der Waals surface area contributed by atoms with E-state index in [1.165, 1.54) is 27.4 Å². The van der Waals surface area contributed by atoms with Crippen molar-refractivity contribution in [3.63, 3.8) is 0 Å². The molecule has 3 rings (SSSR count). The lowest BCUT2D eigenvalue weighted by Gasteiger charge is -2.11. The number of fused-ring (bicyclic) bond motifs is 2. The Labute approximate surface area is 125 Å². The number of phenolic OH excluding ortho intramolecular Hbond substituents is 1. The second-order valence-corrected chi connectivity index (χ2v) is 4.63. The Bertz CT molecular complexity index is 925. The number of ether oxygens (including phenoxy) is 3. The molecular weight excluding hydrogens is 288 g/mol. The van der Waals surface area contributed by atoms with E-state index in [1.807, 2.05) is 0 Å². The molecule has 0 amide bonds. The molecule has 0 aliphatic carbocycles. The van der Waals surface area contributed by atoms with Gasteiger partial charge in [-0.25, -0.2) is 0 Å². The molecule has 0 fully saturated rings. The van der Waals surface area contributed by atoms with Crippen molar-refractivity contribution >= 4 is 21.9 Å². The molecule has 0 aliphatic heterocycles. The molecule has 1 heterocycles. The van der Waals surface area contributed by atoms with Crippen LogP contribution in [0.15, 0.2) is 33.5 Å². The van der Waals surface area contributed by atoms with E-state index in [9.17, 15) is 9.90 Å². The Morgan fingerprint density at radius 2 is 1.77 bits per heavy atom. The Morgan fingerprint density at radius 1 is 1.00 bits per heavy atom. The Hall–Kier alpha value is -2.89. The smallest absolute Gasteiger partial charge is 0.204 e. The molecule has 0 radical (unpaired) electrons. The predicted molar refractivity (Wildman–Crippen MR) is 81.3 cm³/mol. The fourth-order valence-corrected chi connectivity index (χ4v) is 2.41. The largest absolute Gasteiger partial charge is 0.502 e. The van der Waals surface area contributed by atoms with E-state index < -0.39 is 0 Å². The van der Waals surface area contributed by atoms with E-state index >= 15 is 0 Å². The van der Waals surface area contributed by atoms with Gasteiger partial charge in [0.25, 0.3) is 0 Å². The molecule has 0 spiro atoms. The lowest BCUT2D eigenvalue weighted by Crippen LogP contribution is -2.05. The van der Waals surface area contributed by atoms with Crippen LogP contribution in [-0.2, 0) is 0 Å². The maximum Gasteiger partial charge on any atom is 0.204 e. The monoisotopic (exact) mass is 302 g/mol. The molecular formula is C16H14O6. The summed E-state index contributed by atoms with van der Waals surface area (Å²) in [6, 6.07) is 6.40. The highest BCUT2D eigenvalue weighted by atomic mass is 16.5. The van der Waals surface area contributed by atoms with Gasteiger partial charge in [0.15, 0.2) is 11.5 Å². The van der Waals surface area contributed by atoms with Crippen molar-refractivity contribution in [2.24, 2.45) is 0 Å². The minimum Gasteiger partial charge on any atom is -0.502 e. The summed E-state index contributed by atoms with van der Waals surface area (Å²) in [6.07, 6.45) is 0. The number of hydrogen-bond acceptors (Lipinski definition) is 6. The van der Waals surface area contributed by atoms with Gasteiger partial charge in [0.2, 0.25) is 11.2 Å². The van der Waals surface area contributed by atoms with Gasteiger partial charge in [-0.1, -0.05) is 0 Å². The topological polar surface area (TPSA) is 78.1 Å². The molecule has 114 valence electrons. The Balaban J connectivity index is 2.52. The van der Waals surface area contributed by atoms with Crippen LogP contribution >= 0.6 is 0 Å². The van der Waals surface area contributed by atoms with Crippen LogP contribution in [-0.4, -0.2) is 26.4 Å². The maximum absolute atomic E-state index is 12.7. The zero-order valence-corrected chi connectivity index (χ0v) is 12.3. The van der Waals surface area contributed by atoms with Crippen LogP contribution in [0.25, 0.3) is 21.9 Å². The summed E-state index contributed by atoms with van der Waals surface area (Å²) in [5, 5.41) is 10.6. The minimum absolute atomic E-state index is 0.0211. The lowest BCUT2D eigenvalue weighted by atomic mass is 10.1. The fourth-order valence-electron chi connectivity index (χ4n) is 2.41. The highest BCUT2D eigenvalue weighted by molar-refractivity contribution is 5.96. The summed E-state index contributed by atoms with van der Waals surface area (Å²) in [7, 11) is 4.29. The van der Waals surface area contributed by atoms with Gasteiger partial charge in [-0.3, -0.25) is 4.79 Å². The first-order chi connectivity index (χ1) is 10.6. The second-order valence-electron chi connectivity index (χ2n) is 4.63. The van der Waals surface area contributed by atoms with E-state index in [-0.39, 0.29) is 33.6 Å². The minimum atomic E-state index is -0.315. The van der Waals surface area contributed by atoms with E-state index in [1.54, 1.807) is 18.2 Å². The van der Waals surface area contributed by atoms with Gasteiger partial charge in [-0.15, -0.1) is 0 Å². The van der Waals surface area contributed by atoms with Crippen LogP contribution < -0.4 is 19.6 Å². The molecule has 3 aromatic rings.